The van der Waals surface area contributed by atoms with Crippen LogP contribution in [-0.4, -0.2) is 11.0 Å². The second kappa shape index (κ2) is 4.18. The summed E-state index contributed by atoms with van der Waals surface area (Å²) in [5, 5.41) is 2.11. The summed E-state index contributed by atoms with van der Waals surface area (Å²) in [6.07, 6.45) is 0. The van der Waals surface area contributed by atoms with E-state index in [1.165, 1.54) is 0 Å². The normalized spacial score (nSPS) is 15.0. The van der Waals surface area contributed by atoms with Crippen LogP contribution in [0.1, 0.15) is 0 Å². The van der Waals surface area contributed by atoms with Crippen molar-refractivity contribution < 1.29 is 18.4 Å². The zero-order valence-corrected chi connectivity index (χ0v) is 7.98. The minimum Gasteiger partial charge on any atom is -0.436 e. The Labute approximate surface area is 90.0 Å². The molecule has 1 aromatic rings. The Morgan fingerprint density at radius 3 is 2.56 bits per heavy atom. The fourth-order valence-electron chi connectivity index (χ4n) is 1.18. The van der Waals surface area contributed by atoms with Crippen LogP contribution in [0.2, 0.25) is 0 Å². The van der Waals surface area contributed by atoms with E-state index in [2.05, 4.69) is 10.1 Å². The molecule has 1 radical (unpaired) electrons. The fourth-order valence-corrected chi connectivity index (χ4v) is 1.18. The third kappa shape index (κ3) is 1.95. The molecule has 1 aliphatic rings. The Kier molecular flexibility index (Phi) is 2.72. The average Bonchev–Trinajstić information content (AvgIpc) is 2.60. The Hall–Kier alpha value is -2.11. The summed E-state index contributed by atoms with van der Waals surface area (Å²) < 4.78 is 29.9. The predicted molar refractivity (Wildman–Crippen MR) is 51.5 cm³/mol. The Bertz CT molecular complexity index is 434. The van der Waals surface area contributed by atoms with Gasteiger partial charge in [0.1, 0.15) is 0 Å². The molecule has 83 valence electrons. The molecule has 0 aliphatic carbocycles. The predicted octanol–water partition coefficient (Wildman–Crippen LogP) is 2.10. The van der Waals surface area contributed by atoms with Gasteiger partial charge < -0.3 is 10.1 Å². The molecule has 1 aromatic carbocycles. The minimum atomic E-state index is -1.27. The molecule has 0 saturated heterocycles. The van der Waals surface area contributed by atoms with E-state index in [9.17, 15) is 13.7 Å². The van der Waals surface area contributed by atoms with Crippen LogP contribution in [0, 0.1) is 6.73 Å². The number of carbonyl (C=O) groups is 1. The summed E-state index contributed by atoms with van der Waals surface area (Å²) in [5.41, 5.74) is -0.364. The highest BCUT2D eigenvalue weighted by Crippen LogP contribution is 2.25. The van der Waals surface area contributed by atoms with E-state index in [0.717, 1.165) is 0 Å². The number of rotatable bonds is 2. The summed E-state index contributed by atoms with van der Waals surface area (Å²) in [6, 6.07) is 7.05. The first-order valence-corrected chi connectivity index (χ1v) is 4.39. The smallest absolute Gasteiger partial charge is 0.307 e. The number of hydrogen-bond acceptors (Lipinski definition) is 3. The van der Waals surface area contributed by atoms with Gasteiger partial charge in [-0.1, -0.05) is 22.7 Å². The summed E-state index contributed by atoms with van der Waals surface area (Å²) in [5.74, 6) is -0.917. The van der Waals surface area contributed by atoms with E-state index < -0.39 is 17.6 Å². The molecular formula is C10H7F2N2O2. The first kappa shape index (κ1) is 10.4. The number of anilines is 1. The van der Waals surface area contributed by atoms with Gasteiger partial charge in [0.15, 0.2) is 0 Å². The molecule has 0 fully saturated rings. The quantitative estimate of drug-likeness (QED) is 0.783. The van der Waals surface area contributed by atoms with Crippen LogP contribution in [0.5, 0.6) is 0 Å². The highest BCUT2D eigenvalue weighted by molar-refractivity contribution is 6.03. The molecule has 1 heterocycles. The largest absolute Gasteiger partial charge is 0.436 e. The van der Waals surface area contributed by atoms with Crippen LogP contribution >= 0.6 is 0 Å². The molecule has 1 N–H and O–H groups in total. The van der Waals surface area contributed by atoms with Crippen molar-refractivity contribution in [2.45, 2.75) is 0 Å². The number of carbonyl (C=O) groups excluding carboxylic acids is 1. The third-order valence-electron chi connectivity index (χ3n) is 1.90. The van der Waals surface area contributed by atoms with Crippen molar-refractivity contribution in [3.63, 3.8) is 0 Å². The fraction of sp³-hybridized carbons (Fsp3) is 0. The van der Waals surface area contributed by atoms with Gasteiger partial charge in [0.2, 0.25) is 5.70 Å². The molecule has 0 bridgehead atoms. The summed E-state index contributed by atoms with van der Waals surface area (Å²) in [4.78, 5) is 11.4. The Morgan fingerprint density at radius 1 is 1.31 bits per heavy atom. The molecular weight excluding hydrogens is 218 g/mol. The van der Waals surface area contributed by atoms with E-state index in [1.807, 2.05) is 0 Å². The maximum Gasteiger partial charge on any atom is 0.307 e. The monoisotopic (exact) mass is 225 g/mol. The maximum absolute atomic E-state index is 12.9. The average molecular weight is 225 g/mol. The van der Waals surface area contributed by atoms with Gasteiger partial charge in [0.05, 0.1) is 0 Å². The van der Waals surface area contributed by atoms with Crippen molar-refractivity contribution in [2.75, 3.05) is 5.32 Å². The van der Waals surface area contributed by atoms with Crippen LogP contribution in [0.3, 0.4) is 0 Å². The number of hydrogen-bond donors (Lipinski definition) is 1. The van der Waals surface area contributed by atoms with Crippen molar-refractivity contribution >= 4 is 11.6 Å². The Morgan fingerprint density at radius 2 is 2.00 bits per heavy atom. The SMILES string of the molecule is O=C(Nc1ccccc1)C1=C(F)O[CH]N1F. The number of benzene rings is 1. The topological polar surface area (TPSA) is 41.6 Å². The lowest BCUT2D eigenvalue weighted by atomic mass is 10.3. The standard InChI is InChI=1S/C10H7F2N2O2/c11-9-8(14(12)6-16-9)10(15)13-7-4-2-1-3-5-7/h1-6H,(H,13,15). The molecule has 0 aromatic heterocycles. The molecule has 0 atom stereocenters. The van der Waals surface area contributed by atoms with Gasteiger partial charge in [0, 0.05) is 5.69 Å². The van der Waals surface area contributed by atoms with Crippen LogP contribution in [-0.2, 0) is 9.53 Å². The van der Waals surface area contributed by atoms with Gasteiger partial charge in [-0.25, -0.2) is 0 Å². The summed E-state index contributed by atoms with van der Waals surface area (Å²) in [6.45, 7) is 0.468. The molecule has 2 rings (SSSR count). The molecule has 16 heavy (non-hydrogen) atoms. The Balaban J connectivity index is 2.12. The van der Waals surface area contributed by atoms with Crippen LogP contribution in [0.25, 0.3) is 0 Å². The van der Waals surface area contributed by atoms with Gasteiger partial charge in [-0.05, 0) is 12.1 Å². The minimum absolute atomic E-state index is 0.215. The van der Waals surface area contributed by atoms with E-state index in [-0.39, 0.29) is 5.12 Å². The van der Waals surface area contributed by atoms with Crippen LogP contribution in [0.4, 0.5) is 14.6 Å². The first-order valence-electron chi connectivity index (χ1n) is 4.39. The van der Waals surface area contributed by atoms with E-state index >= 15 is 0 Å². The van der Waals surface area contributed by atoms with Gasteiger partial charge in [0.25, 0.3) is 12.6 Å². The van der Waals surface area contributed by atoms with Crippen molar-refractivity contribution in [3.8, 4) is 0 Å². The van der Waals surface area contributed by atoms with Crippen molar-refractivity contribution in [1.82, 2.24) is 5.12 Å². The third-order valence-corrected chi connectivity index (χ3v) is 1.90. The maximum atomic E-state index is 12.9. The van der Waals surface area contributed by atoms with Crippen molar-refractivity contribution in [2.24, 2.45) is 0 Å². The first-order chi connectivity index (χ1) is 7.68. The number of para-hydroxylation sites is 1. The van der Waals surface area contributed by atoms with E-state index in [4.69, 9.17) is 0 Å². The van der Waals surface area contributed by atoms with Crippen molar-refractivity contribution in [1.29, 1.82) is 0 Å². The molecule has 6 heteroatoms. The van der Waals surface area contributed by atoms with Gasteiger partial charge in [-0.2, -0.15) is 9.51 Å². The summed E-state index contributed by atoms with van der Waals surface area (Å²) >= 11 is 0. The molecule has 0 spiro atoms. The van der Waals surface area contributed by atoms with Crippen LogP contribution in [0.15, 0.2) is 42.0 Å². The zero-order valence-electron chi connectivity index (χ0n) is 7.98. The van der Waals surface area contributed by atoms with E-state index in [1.54, 1.807) is 30.3 Å². The van der Waals surface area contributed by atoms with Gasteiger partial charge >= 0.3 is 6.01 Å². The molecule has 1 aliphatic heterocycles. The number of nitrogens with zero attached hydrogens (tertiary/aromatic N) is 1. The number of nitrogens with one attached hydrogen (secondary N) is 1. The second-order valence-electron chi connectivity index (χ2n) is 2.98. The molecule has 1 amide bonds. The zero-order chi connectivity index (χ0) is 11.5. The van der Waals surface area contributed by atoms with Crippen molar-refractivity contribution in [3.05, 3.63) is 48.8 Å². The summed E-state index contributed by atoms with van der Waals surface area (Å²) in [7, 11) is 0. The number of halogens is 2. The van der Waals surface area contributed by atoms with E-state index in [0.29, 0.717) is 12.4 Å². The number of amides is 1. The highest BCUT2D eigenvalue weighted by atomic mass is 19.2. The lowest BCUT2D eigenvalue weighted by Gasteiger charge is -2.07. The van der Waals surface area contributed by atoms with Gasteiger partial charge in [-0.15, -0.1) is 0 Å². The van der Waals surface area contributed by atoms with Crippen LogP contribution < -0.4 is 5.32 Å². The molecule has 4 nitrogen and oxygen atoms in total. The highest BCUT2D eigenvalue weighted by Gasteiger charge is 2.31. The lowest BCUT2D eigenvalue weighted by Crippen LogP contribution is -2.21. The molecule has 0 saturated carbocycles. The lowest BCUT2D eigenvalue weighted by molar-refractivity contribution is -0.115. The number of ether oxygens (including phenoxy) is 1. The molecule has 0 unspecified atom stereocenters. The second-order valence-corrected chi connectivity index (χ2v) is 2.98. The van der Waals surface area contributed by atoms with Gasteiger partial charge in [-0.3, -0.25) is 4.79 Å².